The van der Waals surface area contributed by atoms with E-state index in [-0.39, 0.29) is 6.61 Å². The average Bonchev–Trinajstić information content (AvgIpc) is 3.23. The van der Waals surface area contributed by atoms with Gasteiger partial charge < -0.3 is 19.4 Å². The SMILES string of the molecule is CC[S+]([O-])c1ccc(C(CO)c2nc3c(Cl)c(-c4ccccc4OC)c(Cl)cc3[nH]2)cc1. The van der Waals surface area contributed by atoms with Gasteiger partial charge in [0.2, 0.25) is 0 Å². The molecule has 0 saturated carbocycles. The lowest BCUT2D eigenvalue weighted by Crippen LogP contribution is -2.09. The van der Waals surface area contributed by atoms with Gasteiger partial charge in [-0.25, -0.2) is 4.98 Å². The van der Waals surface area contributed by atoms with Gasteiger partial charge in [-0.05, 0) is 47.9 Å². The molecule has 0 saturated heterocycles. The Morgan fingerprint density at radius 1 is 1.16 bits per heavy atom. The van der Waals surface area contributed by atoms with Crippen LogP contribution in [0.4, 0.5) is 0 Å². The summed E-state index contributed by atoms with van der Waals surface area (Å²) in [7, 11) is 1.60. The van der Waals surface area contributed by atoms with E-state index in [4.69, 9.17) is 32.9 Å². The summed E-state index contributed by atoms with van der Waals surface area (Å²) < 4.78 is 17.5. The van der Waals surface area contributed by atoms with Crippen LogP contribution in [0.5, 0.6) is 5.75 Å². The number of para-hydroxylation sites is 1. The lowest BCUT2D eigenvalue weighted by Gasteiger charge is -2.13. The summed E-state index contributed by atoms with van der Waals surface area (Å²) in [5.74, 6) is 1.39. The molecule has 0 aliphatic carbocycles. The predicted molar refractivity (Wildman–Crippen MR) is 130 cm³/mol. The number of imidazole rings is 1. The van der Waals surface area contributed by atoms with Gasteiger partial charge in [-0.2, -0.15) is 0 Å². The van der Waals surface area contributed by atoms with Gasteiger partial charge in [-0.3, -0.25) is 0 Å². The van der Waals surface area contributed by atoms with Crippen molar-refractivity contribution in [2.45, 2.75) is 17.7 Å². The fraction of sp³-hybridized carbons (Fsp3) is 0.208. The number of aliphatic hydroxyl groups excluding tert-OH is 1. The van der Waals surface area contributed by atoms with Crippen LogP contribution in [0.3, 0.4) is 0 Å². The Kier molecular flexibility index (Phi) is 6.98. The Bertz CT molecular complexity index is 1240. The van der Waals surface area contributed by atoms with Crippen molar-refractivity contribution in [3.63, 3.8) is 0 Å². The second-order valence-electron chi connectivity index (χ2n) is 7.20. The van der Waals surface area contributed by atoms with Gasteiger partial charge in [-0.15, -0.1) is 0 Å². The lowest BCUT2D eigenvalue weighted by molar-refractivity contribution is 0.277. The number of rotatable bonds is 7. The molecule has 1 aromatic heterocycles. The van der Waals surface area contributed by atoms with Gasteiger partial charge in [0.25, 0.3) is 0 Å². The van der Waals surface area contributed by atoms with Crippen molar-refractivity contribution in [3.05, 3.63) is 76.0 Å². The fourth-order valence-corrected chi connectivity index (χ4v) is 5.21. The van der Waals surface area contributed by atoms with Crippen molar-refractivity contribution in [2.24, 2.45) is 0 Å². The van der Waals surface area contributed by atoms with E-state index in [0.29, 0.717) is 44.0 Å². The molecule has 5 nitrogen and oxygen atoms in total. The van der Waals surface area contributed by atoms with Gasteiger partial charge in [0.15, 0.2) is 4.90 Å². The first kappa shape index (κ1) is 23.0. The van der Waals surface area contributed by atoms with E-state index < -0.39 is 17.1 Å². The molecular formula is C24H22Cl2N2O3S. The normalized spacial score (nSPS) is 13.3. The molecule has 0 aliphatic heterocycles. The van der Waals surface area contributed by atoms with Gasteiger partial charge in [0, 0.05) is 11.1 Å². The molecule has 4 aromatic rings. The maximum Gasteiger partial charge on any atom is 0.152 e. The Labute approximate surface area is 199 Å². The summed E-state index contributed by atoms with van der Waals surface area (Å²) in [6, 6.07) is 16.7. The number of hydrogen-bond donors (Lipinski definition) is 2. The summed E-state index contributed by atoms with van der Waals surface area (Å²) in [5, 5.41) is 11.0. The van der Waals surface area contributed by atoms with Crippen molar-refractivity contribution >= 4 is 45.4 Å². The zero-order chi connectivity index (χ0) is 22.8. The number of aliphatic hydroxyl groups is 1. The molecule has 4 rings (SSSR count). The van der Waals surface area contributed by atoms with Crippen LogP contribution in [0.1, 0.15) is 24.2 Å². The molecule has 0 bridgehead atoms. The molecule has 0 fully saturated rings. The molecule has 3 aromatic carbocycles. The van der Waals surface area contributed by atoms with Crippen LogP contribution in [0.2, 0.25) is 10.0 Å². The zero-order valence-corrected chi connectivity index (χ0v) is 19.9. The third-order valence-electron chi connectivity index (χ3n) is 5.38. The number of nitrogens with zero attached hydrogens (tertiary/aromatic N) is 1. The number of benzene rings is 3. The molecule has 0 aliphatic rings. The molecule has 2 unspecified atom stereocenters. The molecular weight excluding hydrogens is 467 g/mol. The van der Waals surface area contributed by atoms with Gasteiger partial charge in [-0.1, -0.05) is 53.5 Å². The summed E-state index contributed by atoms with van der Waals surface area (Å²) in [5.41, 5.74) is 3.51. The van der Waals surface area contributed by atoms with Crippen molar-refractivity contribution in [1.82, 2.24) is 9.97 Å². The van der Waals surface area contributed by atoms with E-state index in [0.717, 1.165) is 16.0 Å². The molecule has 166 valence electrons. The quantitative estimate of drug-likeness (QED) is 0.322. The van der Waals surface area contributed by atoms with E-state index >= 15 is 0 Å². The molecule has 2 N–H and O–H groups in total. The number of aromatic amines is 1. The minimum Gasteiger partial charge on any atom is -0.611 e. The first-order chi connectivity index (χ1) is 15.5. The summed E-state index contributed by atoms with van der Waals surface area (Å²) in [6.45, 7) is 1.73. The van der Waals surface area contributed by atoms with Crippen molar-refractivity contribution in [3.8, 4) is 16.9 Å². The molecule has 2 atom stereocenters. The number of methoxy groups -OCH3 is 1. The Balaban J connectivity index is 1.78. The fourth-order valence-electron chi connectivity index (χ4n) is 3.73. The largest absolute Gasteiger partial charge is 0.611 e. The number of fused-ring (bicyclic) bond motifs is 1. The van der Waals surface area contributed by atoms with Crippen LogP contribution in [-0.4, -0.2) is 39.1 Å². The topological polar surface area (TPSA) is 81.2 Å². The second-order valence-corrected chi connectivity index (χ2v) is 9.73. The minimum atomic E-state index is -1.03. The van der Waals surface area contributed by atoms with E-state index in [1.54, 1.807) is 13.2 Å². The molecule has 1 heterocycles. The van der Waals surface area contributed by atoms with E-state index in [9.17, 15) is 9.66 Å². The van der Waals surface area contributed by atoms with Gasteiger partial charge in [0.05, 0.1) is 35.2 Å². The average molecular weight is 489 g/mol. The molecule has 32 heavy (non-hydrogen) atoms. The number of aromatic nitrogens is 2. The zero-order valence-electron chi connectivity index (χ0n) is 17.6. The standard InChI is InChI=1S/C24H22Cl2N2O3S/c1-3-32(30)15-10-8-14(9-11-15)17(13-29)24-27-19-12-18(25)21(22(26)23(19)28-24)16-6-4-5-7-20(16)31-2/h4-12,17,29H,3,13H2,1-2H3,(H,27,28). The van der Waals surface area contributed by atoms with Crippen LogP contribution < -0.4 is 4.74 Å². The Morgan fingerprint density at radius 3 is 2.53 bits per heavy atom. The van der Waals surface area contributed by atoms with Crippen molar-refractivity contribution in [2.75, 3.05) is 19.5 Å². The number of hydrogen-bond acceptors (Lipinski definition) is 4. The third-order valence-corrected chi connectivity index (χ3v) is 7.37. The number of ether oxygens (including phenoxy) is 1. The van der Waals surface area contributed by atoms with Crippen LogP contribution in [0.15, 0.2) is 59.5 Å². The molecule has 8 heteroatoms. The molecule has 0 amide bonds. The third kappa shape index (κ3) is 4.21. The monoisotopic (exact) mass is 488 g/mol. The first-order valence-corrected chi connectivity index (χ1v) is 12.2. The first-order valence-electron chi connectivity index (χ1n) is 10.1. The minimum absolute atomic E-state index is 0.152. The molecule has 0 spiro atoms. The highest BCUT2D eigenvalue weighted by Gasteiger charge is 2.23. The van der Waals surface area contributed by atoms with Crippen LogP contribution >= 0.6 is 23.2 Å². The highest BCUT2D eigenvalue weighted by atomic mass is 35.5. The second kappa shape index (κ2) is 9.73. The maximum absolute atomic E-state index is 12.0. The number of nitrogens with one attached hydrogen (secondary N) is 1. The van der Waals surface area contributed by atoms with Crippen LogP contribution in [0.25, 0.3) is 22.2 Å². The molecule has 0 radical (unpaired) electrons. The van der Waals surface area contributed by atoms with E-state index in [1.807, 2.05) is 55.5 Å². The highest BCUT2D eigenvalue weighted by molar-refractivity contribution is 7.91. The smallest absolute Gasteiger partial charge is 0.152 e. The number of H-pyrrole nitrogens is 1. The van der Waals surface area contributed by atoms with E-state index in [2.05, 4.69) is 4.98 Å². The Hall–Kier alpha value is -2.22. The van der Waals surface area contributed by atoms with E-state index in [1.165, 1.54) is 0 Å². The van der Waals surface area contributed by atoms with Crippen molar-refractivity contribution in [1.29, 1.82) is 0 Å². The lowest BCUT2D eigenvalue weighted by atomic mass is 9.99. The van der Waals surface area contributed by atoms with Crippen molar-refractivity contribution < 1.29 is 14.4 Å². The Morgan fingerprint density at radius 2 is 1.88 bits per heavy atom. The van der Waals surface area contributed by atoms with Gasteiger partial charge in [0.1, 0.15) is 22.8 Å². The van der Waals surface area contributed by atoms with Crippen LogP contribution in [-0.2, 0) is 11.2 Å². The summed E-state index contributed by atoms with van der Waals surface area (Å²) in [6.07, 6.45) is 0. The highest BCUT2D eigenvalue weighted by Crippen LogP contribution is 2.43. The van der Waals surface area contributed by atoms with Crippen LogP contribution in [0, 0.1) is 0 Å². The summed E-state index contributed by atoms with van der Waals surface area (Å²) >= 11 is 12.3. The number of halogens is 2. The van der Waals surface area contributed by atoms with Gasteiger partial charge >= 0.3 is 0 Å². The maximum atomic E-state index is 12.0. The predicted octanol–water partition coefficient (Wildman–Crippen LogP) is 5.80. The summed E-state index contributed by atoms with van der Waals surface area (Å²) in [4.78, 5) is 8.72.